The van der Waals surface area contributed by atoms with Gasteiger partial charge in [-0.15, -0.1) is 0 Å². The zero-order valence-electron chi connectivity index (χ0n) is 10.7. The van der Waals surface area contributed by atoms with Crippen LogP contribution in [-0.2, 0) is 13.5 Å². The van der Waals surface area contributed by atoms with Crippen LogP contribution in [0.4, 0.5) is 0 Å². The Morgan fingerprint density at radius 2 is 2.33 bits per heavy atom. The standard InChI is InChI=1S/C14H18N2O2/c1-9-7-10(9)12-3-4-13(18-12)11(17)8-14-15-5-6-16(14)2/h3-6,9-11,17H,7-8H2,1-2H3. The van der Waals surface area contributed by atoms with E-state index in [2.05, 4.69) is 11.9 Å². The van der Waals surface area contributed by atoms with Crippen LogP contribution in [0, 0.1) is 5.92 Å². The van der Waals surface area contributed by atoms with Crippen molar-refractivity contribution < 1.29 is 9.52 Å². The lowest BCUT2D eigenvalue weighted by atomic mass is 10.2. The molecule has 1 fully saturated rings. The molecule has 4 heteroatoms. The Bertz CT molecular complexity index is 543. The van der Waals surface area contributed by atoms with Crippen LogP contribution in [0.3, 0.4) is 0 Å². The first-order chi connectivity index (χ1) is 8.65. The summed E-state index contributed by atoms with van der Waals surface area (Å²) in [5.41, 5.74) is 0. The minimum Gasteiger partial charge on any atom is -0.463 e. The van der Waals surface area contributed by atoms with Crippen molar-refractivity contribution >= 4 is 0 Å². The van der Waals surface area contributed by atoms with Crippen molar-refractivity contribution in [2.45, 2.75) is 31.8 Å². The fourth-order valence-corrected chi connectivity index (χ4v) is 2.33. The molecule has 1 N–H and O–H groups in total. The fraction of sp³-hybridized carbons (Fsp3) is 0.500. The molecular formula is C14H18N2O2. The number of nitrogens with zero attached hydrogens (tertiary/aromatic N) is 2. The summed E-state index contributed by atoms with van der Waals surface area (Å²) in [6.45, 7) is 2.22. The zero-order chi connectivity index (χ0) is 12.7. The van der Waals surface area contributed by atoms with Gasteiger partial charge in [-0.1, -0.05) is 6.92 Å². The highest BCUT2D eigenvalue weighted by Crippen LogP contribution is 2.47. The van der Waals surface area contributed by atoms with Crippen molar-refractivity contribution in [1.29, 1.82) is 0 Å². The van der Waals surface area contributed by atoms with E-state index in [1.54, 1.807) is 6.20 Å². The fourth-order valence-electron chi connectivity index (χ4n) is 2.33. The van der Waals surface area contributed by atoms with Crippen LogP contribution in [-0.4, -0.2) is 14.7 Å². The normalized spacial score (nSPS) is 24.2. The monoisotopic (exact) mass is 246 g/mol. The predicted octanol–water partition coefficient (Wildman–Crippen LogP) is 2.41. The highest BCUT2D eigenvalue weighted by atomic mass is 16.4. The van der Waals surface area contributed by atoms with Gasteiger partial charge in [0, 0.05) is 31.8 Å². The van der Waals surface area contributed by atoms with E-state index in [1.807, 2.05) is 29.9 Å². The highest BCUT2D eigenvalue weighted by Gasteiger charge is 2.36. The molecule has 3 atom stereocenters. The minimum absolute atomic E-state index is 0.483. The number of aliphatic hydroxyl groups excluding tert-OH is 1. The van der Waals surface area contributed by atoms with Crippen LogP contribution in [0.2, 0.25) is 0 Å². The van der Waals surface area contributed by atoms with Crippen LogP contribution < -0.4 is 0 Å². The number of imidazole rings is 1. The lowest BCUT2D eigenvalue weighted by Crippen LogP contribution is -2.05. The Labute approximate surface area is 106 Å². The number of aromatic nitrogens is 2. The van der Waals surface area contributed by atoms with Crippen molar-refractivity contribution in [3.05, 3.63) is 41.9 Å². The smallest absolute Gasteiger partial charge is 0.133 e. The summed E-state index contributed by atoms with van der Waals surface area (Å²) in [5, 5.41) is 10.2. The predicted molar refractivity (Wildman–Crippen MR) is 67.1 cm³/mol. The van der Waals surface area contributed by atoms with Gasteiger partial charge in [0.2, 0.25) is 0 Å². The van der Waals surface area contributed by atoms with Gasteiger partial charge in [0.25, 0.3) is 0 Å². The maximum absolute atomic E-state index is 10.2. The van der Waals surface area contributed by atoms with Crippen LogP contribution in [0.1, 0.15) is 42.7 Å². The van der Waals surface area contributed by atoms with Gasteiger partial charge in [0.05, 0.1) is 0 Å². The van der Waals surface area contributed by atoms with E-state index in [0.29, 0.717) is 18.1 Å². The van der Waals surface area contributed by atoms with Crippen molar-refractivity contribution in [3.8, 4) is 0 Å². The van der Waals surface area contributed by atoms with E-state index in [-0.39, 0.29) is 0 Å². The molecule has 1 aliphatic carbocycles. The molecule has 3 unspecified atom stereocenters. The Hall–Kier alpha value is -1.55. The Morgan fingerprint density at radius 1 is 1.56 bits per heavy atom. The summed E-state index contributed by atoms with van der Waals surface area (Å²) in [5.74, 6) is 3.79. The SMILES string of the molecule is CC1CC1c1ccc(C(O)Cc2nccn2C)o1. The topological polar surface area (TPSA) is 51.2 Å². The second-order valence-corrected chi connectivity index (χ2v) is 5.23. The van der Waals surface area contributed by atoms with E-state index in [1.165, 1.54) is 6.42 Å². The van der Waals surface area contributed by atoms with E-state index in [9.17, 15) is 5.11 Å². The molecule has 1 aliphatic rings. The molecule has 0 saturated heterocycles. The van der Waals surface area contributed by atoms with Gasteiger partial charge in [-0.25, -0.2) is 4.98 Å². The van der Waals surface area contributed by atoms with Crippen LogP contribution in [0.25, 0.3) is 0 Å². The molecule has 0 aromatic carbocycles. The van der Waals surface area contributed by atoms with Gasteiger partial charge in [-0.3, -0.25) is 0 Å². The third-order valence-corrected chi connectivity index (χ3v) is 3.75. The molecule has 2 aromatic rings. The molecule has 0 amide bonds. The first-order valence-electron chi connectivity index (χ1n) is 6.39. The maximum atomic E-state index is 10.2. The lowest BCUT2D eigenvalue weighted by Gasteiger charge is -2.07. The van der Waals surface area contributed by atoms with E-state index < -0.39 is 6.10 Å². The molecule has 0 spiro atoms. The van der Waals surface area contributed by atoms with Crippen molar-refractivity contribution in [2.24, 2.45) is 13.0 Å². The van der Waals surface area contributed by atoms with Gasteiger partial charge in [0.15, 0.2) is 0 Å². The molecule has 96 valence electrons. The van der Waals surface area contributed by atoms with Gasteiger partial charge in [0.1, 0.15) is 23.4 Å². The quantitative estimate of drug-likeness (QED) is 0.901. The zero-order valence-corrected chi connectivity index (χ0v) is 10.7. The number of furan rings is 1. The summed E-state index contributed by atoms with van der Waals surface area (Å²) in [7, 11) is 1.93. The first-order valence-corrected chi connectivity index (χ1v) is 6.39. The molecule has 0 aliphatic heterocycles. The third kappa shape index (κ3) is 2.08. The average molecular weight is 246 g/mol. The Balaban J connectivity index is 1.70. The Morgan fingerprint density at radius 3 is 2.94 bits per heavy atom. The molecule has 0 bridgehead atoms. The van der Waals surface area contributed by atoms with E-state index in [4.69, 9.17) is 4.42 Å². The maximum Gasteiger partial charge on any atom is 0.133 e. The minimum atomic E-state index is -0.617. The largest absolute Gasteiger partial charge is 0.463 e. The second kappa shape index (κ2) is 4.28. The highest BCUT2D eigenvalue weighted by molar-refractivity contribution is 5.19. The van der Waals surface area contributed by atoms with Crippen LogP contribution >= 0.6 is 0 Å². The molecule has 1 saturated carbocycles. The summed E-state index contributed by atoms with van der Waals surface area (Å²) >= 11 is 0. The van der Waals surface area contributed by atoms with Crippen molar-refractivity contribution in [2.75, 3.05) is 0 Å². The number of aryl methyl sites for hydroxylation is 1. The summed E-state index contributed by atoms with van der Waals surface area (Å²) in [4.78, 5) is 4.21. The molecule has 18 heavy (non-hydrogen) atoms. The Kier molecular flexibility index (Phi) is 2.74. The molecule has 0 radical (unpaired) electrons. The van der Waals surface area contributed by atoms with Gasteiger partial charge < -0.3 is 14.1 Å². The summed E-state index contributed by atoms with van der Waals surface area (Å²) in [6.07, 6.45) is 4.68. The summed E-state index contributed by atoms with van der Waals surface area (Å²) < 4.78 is 7.65. The summed E-state index contributed by atoms with van der Waals surface area (Å²) in [6, 6.07) is 3.87. The number of rotatable bonds is 4. The van der Waals surface area contributed by atoms with Gasteiger partial charge in [-0.05, 0) is 24.5 Å². The molecular weight excluding hydrogens is 228 g/mol. The molecule has 4 nitrogen and oxygen atoms in total. The number of hydrogen-bond acceptors (Lipinski definition) is 3. The molecule has 3 rings (SSSR count). The molecule has 2 heterocycles. The number of aliphatic hydroxyl groups is 1. The third-order valence-electron chi connectivity index (χ3n) is 3.75. The molecule has 2 aromatic heterocycles. The first kappa shape index (κ1) is 11.5. The van der Waals surface area contributed by atoms with E-state index in [0.717, 1.165) is 17.5 Å². The van der Waals surface area contributed by atoms with Crippen LogP contribution in [0.15, 0.2) is 28.9 Å². The van der Waals surface area contributed by atoms with Crippen molar-refractivity contribution in [3.63, 3.8) is 0 Å². The van der Waals surface area contributed by atoms with E-state index >= 15 is 0 Å². The van der Waals surface area contributed by atoms with Crippen molar-refractivity contribution in [1.82, 2.24) is 9.55 Å². The average Bonchev–Trinajstić information content (AvgIpc) is 2.79. The van der Waals surface area contributed by atoms with Gasteiger partial charge in [-0.2, -0.15) is 0 Å². The second-order valence-electron chi connectivity index (χ2n) is 5.23. The van der Waals surface area contributed by atoms with Crippen LogP contribution in [0.5, 0.6) is 0 Å². The van der Waals surface area contributed by atoms with Gasteiger partial charge >= 0.3 is 0 Å². The lowest BCUT2D eigenvalue weighted by molar-refractivity contribution is 0.145. The number of hydrogen-bond donors (Lipinski definition) is 1.